The van der Waals surface area contributed by atoms with Crippen LogP contribution in [-0.4, -0.2) is 31.7 Å². The number of benzene rings is 1. The first-order chi connectivity index (χ1) is 7.83. The number of methoxy groups -OCH3 is 2. The van der Waals surface area contributed by atoms with Crippen LogP contribution in [0, 0.1) is 0 Å². The average Bonchev–Trinajstić information content (AvgIpc) is 2.25. The maximum absolute atomic E-state index is 8.74. The Labute approximate surface area is 98.9 Å². The molecule has 0 saturated heterocycles. The van der Waals surface area contributed by atoms with Gasteiger partial charge in [0, 0.05) is 0 Å². The van der Waals surface area contributed by atoms with Gasteiger partial charge in [-0.3, -0.25) is 14.9 Å². The molecule has 0 unspecified atom stereocenters. The highest BCUT2D eigenvalue weighted by Gasteiger charge is 2.06. The lowest BCUT2D eigenvalue weighted by Gasteiger charge is -2.11. The van der Waals surface area contributed by atoms with Gasteiger partial charge in [-0.2, -0.15) is 8.42 Å². The van der Waals surface area contributed by atoms with Crippen molar-refractivity contribution in [2.45, 2.75) is 0 Å². The number of hydrazine groups is 1. The Bertz CT molecular complexity index is 417. The molecule has 0 aromatic heterocycles. The highest BCUT2D eigenvalue weighted by atomic mass is 32.3. The van der Waals surface area contributed by atoms with Gasteiger partial charge in [0.05, 0.1) is 14.2 Å². The van der Waals surface area contributed by atoms with Crippen LogP contribution >= 0.6 is 0 Å². The largest absolute Gasteiger partial charge is 0.494 e. The van der Waals surface area contributed by atoms with Crippen molar-refractivity contribution in [3.05, 3.63) is 18.2 Å². The number of ether oxygens (including phenoxy) is 2. The lowest BCUT2D eigenvalue weighted by atomic mass is 10.3. The van der Waals surface area contributed by atoms with Crippen molar-refractivity contribution in [3.63, 3.8) is 0 Å². The lowest BCUT2D eigenvalue weighted by molar-refractivity contribution is 0.381. The number of anilines is 1. The highest BCUT2D eigenvalue weighted by molar-refractivity contribution is 7.79. The molecule has 0 aliphatic rings. The third-order valence-corrected chi connectivity index (χ3v) is 1.57. The second-order valence-corrected chi connectivity index (χ2v) is 3.53. The summed E-state index contributed by atoms with van der Waals surface area (Å²) in [5.41, 5.74) is 3.17. The van der Waals surface area contributed by atoms with Crippen molar-refractivity contribution in [1.29, 1.82) is 0 Å². The molecule has 98 valence electrons. The van der Waals surface area contributed by atoms with Crippen molar-refractivity contribution in [2.75, 3.05) is 19.6 Å². The first-order valence-electron chi connectivity index (χ1n) is 4.21. The number of hydrogen-bond acceptors (Lipinski definition) is 6. The van der Waals surface area contributed by atoms with Gasteiger partial charge in [0.1, 0.15) is 17.2 Å². The molecule has 0 saturated carbocycles. The van der Waals surface area contributed by atoms with Crippen molar-refractivity contribution < 1.29 is 27.0 Å². The van der Waals surface area contributed by atoms with E-state index in [9.17, 15) is 0 Å². The van der Waals surface area contributed by atoms with E-state index in [0.717, 1.165) is 0 Å². The summed E-state index contributed by atoms with van der Waals surface area (Å²) in [6.07, 6.45) is 0. The van der Waals surface area contributed by atoms with E-state index in [1.165, 1.54) is 0 Å². The van der Waals surface area contributed by atoms with Gasteiger partial charge in [-0.05, 0) is 12.1 Å². The smallest absolute Gasteiger partial charge is 0.394 e. The molecular formula is C8H14N2O6S. The van der Waals surface area contributed by atoms with Gasteiger partial charge < -0.3 is 14.9 Å². The van der Waals surface area contributed by atoms with Gasteiger partial charge in [-0.15, -0.1) is 0 Å². The van der Waals surface area contributed by atoms with Crippen LogP contribution < -0.4 is 20.7 Å². The summed E-state index contributed by atoms with van der Waals surface area (Å²) >= 11 is 0. The fraction of sp³-hybridized carbons (Fsp3) is 0.250. The summed E-state index contributed by atoms with van der Waals surface area (Å²) in [5, 5.41) is 0. The monoisotopic (exact) mass is 266 g/mol. The van der Waals surface area contributed by atoms with Gasteiger partial charge in [0.2, 0.25) is 0 Å². The molecule has 1 aromatic carbocycles. The zero-order valence-electron chi connectivity index (χ0n) is 9.25. The fourth-order valence-electron chi connectivity index (χ4n) is 0.993. The van der Waals surface area contributed by atoms with Crippen LogP contribution in [0.3, 0.4) is 0 Å². The minimum atomic E-state index is -4.67. The molecule has 1 aromatic rings. The summed E-state index contributed by atoms with van der Waals surface area (Å²) in [6.45, 7) is 0. The predicted molar refractivity (Wildman–Crippen MR) is 61.5 cm³/mol. The van der Waals surface area contributed by atoms with Crippen LogP contribution in [0.4, 0.5) is 5.69 Å². The SMILES string of the molecule is COc1cccc(OC)c1NN.O=S(=O)(O)O. The molecular weight excluding hydrogens is 252 g/mol. The Morgan fingerprint density at radius 2 is 1.53 bits per heavy atom. The van der Waals surface area contributed by atoms with Gasteiger partial charge >= 0.3 is 10.4 Å². The quantitative estimate of drug-likeness (QED) is 0.350. The van der Waals surface area contributed by atoms with E-state index in [1.54, 1.807) is 26.4 Å². The standard InChI is InChI=1S/C8H12N2O2.H2O4S/c1-11-6-4-3-5-7(12-2)8(6)10-9;1-5(2,3)4/h3-5,10H,9H2,1-2H3;(H2,1,2,3,4). The molecule has 0 fully saturated rings. The molecule has 0 bridgehead atoms. The van der Waals surface area contributed by atoms with Crippen LogP contribution in [0.1, 0.15) is 0 Å². The maximum atomic E-state index is 8.74. The Balaban J connectivity index is 0.000000437. The first kappa shape index (κ1) is 15.4. The molecule has 0 aliphatic carbocycles. The van der Waals surface area contributed by atoms with Crippen LogP contribution in [0.25, 0.3) is 0 Å². The van der Waals surface area contributed by atoms with Gasteiger partial charge in [0.15, 0.2) is 0 Å². The predicted octanol–water partition coefficient (Wildman–Crippen LogP) is 0.337. The van der Waals surface area contributed by atoms with Crippen LogP contribution in [0.5, 0.6) is 11.5 Å². The number of nitrogens with two attached hydrogens (primary N) is 1. The van der Waals surface area contributed by atoms with Crippen molar-refractivity contribution in [2.24, 2.45) is 5.84 Å². The van der Waals surface area contributed by atoms with Crippen LogP contribution in [-0.2, 0) is 10.4 Å². The molecule has 0 radical (unpaired) electrons. The zero-order chi connectivity index (χ0) is 13.5. The fourth-order valence-corrected chi connectivity index (χ4v) is 0.993. The van der Waals surface area contributed by atoms with E-state index < -0.39 is 10.4 Å². The summed E-state index contributed by atoms with van der Waals surface area (Å²) in [6, 6.07) is 5.44. The summed E-state index contributed by atoms with van der Waals surface area (Å²) in [4.78, 5) is 0. The zero-order valence-corrected chi connectivity index (χ0v) is 10.1. The molecule has 0 heterocycles. The number of para-hydroxylation sites is 1. The highest BCUT2D eigenvalue weighted by Crippen LogP contribution is 2.32. The third kappa shape index (κ3) is 6.58. The average molecular weight is 266 g/mol. The molecule has 0 spiro atoms. The molecule has 8 nitrogen and oxygen atoms in total. The van der Waals surface area contributed by atoms with Gasteiger partial charge in [0.25, 0.3) is 0 Å². The van der Waals surface area contributed by atoms with E-state index in [2.05, 4.69) is 5.43 Å². The Morgan fingerprint density at radius 1 is 1.18 bits per heavy atom. The number of rotatable bonds is 3. The molecule has 0 atom stereocenters. The Hall–Kier alpha value is -1.55. The minimum Gasteiger partial charge on any atom is -0.494 e. The van der Waals surface area contributed by atoms with Gasteiger partial charge in [-0.25, -0.2) is 0 Å². The van der Waals surface area contributed by atoms with E-state index in [-0.39, 0.29) is 0 Å². The number of hydrogen-bond donors (Lipinski definition) is 4. The molecule has 5 N–H and O–H groups in total. The van der Waals surface area contributed by atoms with Crippen molar-refractivity contribution >= 4 is 16.1 Å². The Kier molecular flexibility index (Phi) is 6.28. The van der Waals surface area contributed by atoms with E-state index in [4.69, 9.17) is 32.8 Å². The van der Waals surface area contributed by atoms with Crippen molar-refractivity contribution in [1.82, 2.24) is 0 Å². The molecule has 1 rings (SSSR count). The lowest BCUT2D eigenvalue weighted by Crippen LogP contribution is -2.09. The van der Waals surface area contributed by atoms with E-state index in [0.29, 0.717) is 17.2 Å². The van der Waals surface area contributed by atoms with Crippen LogP contribution in [0.2, 0.25) is 0 Å². The van der Waals surface area contributed by atoms with E-state index >= 15 is 0 Å². The minimum absolute atomic E-state index is 0.655. The second kappa shape index (κ2) is 6.91. The molecule has 0 amide bonds. The summed E-state index contributed by atoms with van der Waals surface area (Å²) in [7, 11) is -1.51. The third-order valence-electron chi connectivity index (χ3n) is 1.57. The van der Waals surface area contributed by atoms with Crippen molar-refractivity contribution in [3.8, 4) is 11.5 Å². The number of nitrogens with one attached hydrogen (secondary N) is 1. The topological polar surface area (TPSA) is 131 Å². The molecule has 0 aliphatic heterocycles. The van der Waals surface area contributed by atoms with E-state index in [1.807, 2.05) is 6.07 Å². The molecule has 9 heteroatoms. The number of nitrogen functional groups attached to an aromatic ring is 1. The normalized spacial score (nSPS) is 9.94. The van der Waals surface area contributed by atoms with Crippen LogP contribution in [0.15, 0.2) is 18.2 Å². The maximum Gasteiger partial charge on any atom is 0.394 e. The summed E-state index contributed by atoms with van der Waals surface area (Å²) in [5.74, 6) is 6.62. The summed E-state index contributed by atoms with van der Waals surface area (Å²) < 4.78 is 41.7. The molecule has 17 heavy (non-hydrogen) atoms. The Morgan fingerprint density at radius 3 is 1.76 bits per heavy atom. The first-order valence-corrected chi connectivity index (χ1v) is 5.60. The second-order valence-electron chi connectivity index (χ2n) is 2.63. The van der Waals surface area contributed by atoms with Gasteiger partial charge in [-0.1, -0.05) is 6.07 Å².